The zero-order valence-corrected chi connectivity index (χ0v) is 9.44. The Balaban J connectivity index is -0.000000142. The van der Waals surface area contributed by atoms with E-state index < -0.39 is 0 Å². The van der Waals surface area contributed by atoms with Crippen molar-refractivity contribution in [2.24, 2.45) is 0 Å². The standard InChI is InChI=1S/C8H18N2O.C2H6.2H2/c1-3-10-8(11)6-4-5-7-9-2;1-2;;/h9H,3-7H2,1-2H3,(H,10,11);1-2H3;2*1H. The van der Waals surface area contributed by atoms with Crippen molar-refractivity contribution in [2.45, 2.75) is 40.0 Å². The van der Waals surface area contributed by atoms with Crippen LogP contribution in [0.5, 0.6) is 0 Å². The summed E-state index contributed by atoms with van der Waals surface area (Å²) in [6.07, 6.45) is 2.72. The van der Waals surface area contributed by atoms with Gasteiger partial charge in [-0.3, -0.25) is 4.79 Å². The molecule has 0 aliphatic carbocycles. The van der Waals surface area contributed by atoms with Crippen LogP contribution < -0.4 is 10.6 Å². The van der Waals surface area contributed by atoms with Gasteiger partial charge in [-0.05, 0) is 33.4 Å². The number of unbranched alkanes of at least 4 members (excludes halogenated alkanes) is 1. The number of hydrogen-bond donors (Lipinski definition) is 2. The number of carbonyl (C=O) groups is 1. The Morgan fingerprint density at radius 2 is 1.92 bits per heavy atom. The minimum atomic E-state index is 0. The van der Waals surface area contributed by atoms with Crippen LogP contribution in [0.4, 0.5) is 0 Å². The SMILES string of the molecule is CC.CCNC(=O)CCCCNC.[HH].[HH]. The Labute approximate surface area is 85.3 Å². The molecule has 0 unspecified atom stereocenters. The second-order valence-electron chi connectivity index (χ2n) is 2.51. The number of carbonyl (C=O) groups excluding carboxylic acids is 1. The van der Waals surface area contributed by atoms with E-state index in [9.17, 15) is 4.79 Å². The van der Waals surface area contributed by atoms with Crippen LogP contribution in [-0.2, 0) is 4.79 Å². The Hall–Kier alpha value is -0.570. The number of nitrogens with one attached hydrogen (secondary N) is 2. The summed E-state index contributed by atoms with van der Waals surface area (Å²) in [6, 6.07) is 0. The molecule has 0 saturated heterocycles. The van der Waals surface area contributed by atoms with Crippen molar-refractivity contribution in [2.75, 3.05) is 20.1 Å². The minimum Gasteiger partial charge on any atom is -0.356 e. The molecule has 0 bridgehead atoms. The third-order valence-corrected chi connectivity index (χ3v) is 1.45. The number of hydrogen-bond acceptors (Lipinski definition) is 2. The molecule has 0 rings (SSSR count). The molecule has 2 N–H and O–H groups in total. The van der Waals surface area contributed by atoms with Gasteiger partial charge in [0.05, 0.1) is 0 Å². The predicted molar refractivity (Wildman–Crippen MR) is 62.0 cm³/mol. The summed E-state index contributed by atoms with van der Waals surface area (Å²) in [5.74, 6) is 0.170. The first kappa shape index (κ1) is 14.9. The quantitative estimate of drug-likeness (QED) is 0.632. The second-order valence-corrected chi connectivity index (χ2v) is 2.51. The van der Waals surface area contributed by atoms with Crippen molar-refractivity contribution >= 4 is 5.91 Å². The molecule has 0 aliphatic heterocycles. The average Bonchev–Trinajstić information content (AvgIpc) is 2.16. The van der Waals surface area contributed by atoms with Crippen LogP contribution >= 0.6 is 0 Å². The molecule has 0 spiro atoms. The van der Waals surface area contributed by atoms with Crippen molar-refractivity contribution in [1.82, 2.24) is 10.6 Å². The molecule has 0 aromatic carbocycles. The maximum absolute atomic E-state index is 10.9. The topological polar surface area (TPSA) is 41.1 Å². The Morgan fingerprint density at radius 3 is 2.38 bits per heavy atom. The van der Waals surface area contributed by atoms with Gasteiger partial charge >= 0.3 is 0 Å². The molecule has 84 valence electrons. The zero-order valence-electron chi connectivity index (χ0n) is 9.44. The minimum absolute atomic E-state index is 0. The smallest absolute Gasteiger partial charge is 0.219 e. The fourth-order valence-corrected chi connectivity index (χ4v) is 0.873. The highest BCUT2D eigenvalue weighted by atomic mass is 16.1. The normalized spacial score (nSPS) is 8.62. The molecule has 0 radical (unpaired) electrons. The van der Waals surface area contributed by atoms with Crippen molar-refractivity contribution in [3.63, 3.8) is 0 Å². The fraction of sp³-hybridized carbons (Fsp3) is 0.900. The average molecular weight is 192 g/mol. The van der Waals surface area contributed by atoms with Crippen molar-refractivity contribution < 1.29 is 7.65 Å². The van der Waals surface area contributed by atoms with Crippen LogP contribution in [0, 0.1) is 0 Å². The first-order chi connectivity index (χ1) is 6.31. The summed E-state index contributed by atoms with van der Waals surface area (Å²) in [4.78, 5) is 10.9. The van der Waals surface area contributed by atoms with Crippen molar-refractivity contribution in [3.8, 4) is 0 Å². The lowest BCUT2D eigenvalue weighted by molar-refractivity contribution is -0.121. The van der Waals surface area contributed by atoms with Gasteiger partial charge in [-0.25, -0.2) is 0 Å². The Bertz CT molecular complexity index is 114. The van der Waals surface area contributed by atoms with Gasteiger partial charge < -0.3 is 10.6 Å². The van der Waals surface area contributed by atoms with Crippen molar-refractivity contribution in [3.05, 3.63) is 0 Å². The van der Waals surface area contributed by atoms with E-state index in [0.717, 1.165) is 25.9 Å². The third kappa shape index (κ3) is 14.3. The van der Waals surface area contributed by atoms with E-state index in [4.69, 9.17) is 0 Å². The molecule has 0 fully saturated rings. The zero-order chi connectivity index (χ0) is 10.5. The van der Waals surface area contributed by atoms with Gasteiger partial charge in [-0.2, -0.15) is 0 Å². The fourth-order valence-electron chi connectivity index (χ4n) is 0.873. The summed E-state index contributed by atoms with van der Waals surface area (Å²) in [5.41, 5.74) is 0. The molecule has 0 saturated carbocycles. The van der Waals surface area contributed by atoms with E-state index in [1.54, 1.807) is 0 Å². The molecule has 0 atom stereocenters. The van der Waals surface area contributed by atoms with E-state index in [2.05, 4.69) is 10.6 Å². The summed E-state index contributed by atoms with van der Waals surface area (Å²) >= 11 is 0. The van der Waals surface area contributed by atoms with Gasteiger partial charge in [-0.15, -0.1) is 0 Å². The largest absolute Gasteiger partial charge is 0.356 e. The van der Waals surface area contributed by atoms with Gasteiger partial charge in [0, 0.05) is 15.8 Å². The second kappa shape index (κ2) is 14.0. The molecule has 1 amide bonds. The molecule has 0 heterocycles. The molecule has 3 nitrogen and oxygen atoms in total. The molecular formula is C10H28N2O. The van der Waals surface area contributed by atoms with Crippen LogP contribution in [0.15, 0.2) is 0 Å². The molecule has 13 heavy (non-hydrogen) atoms. The monoisotopic (exact) mass is 192 g/mol. The maximum atomic E-state index is 10.9. The predicted octanol–water partition coefficient (Wildman–Crippen LogP) is 2.03. The van der Waals surface area contributed by atoms with E-state index in [1.165, 1.54) is 0 Å². The summed E-state index contributed by atoms with van der Waals surface area (Å²) < 4.78 is 0. The van der Waals surface area contributed by atoms with E-state index >= 15 is 0 Å². The van der Waals surface area contributed by atoms with Gasteiger partial charge in [0.15, 0.2) is 0 Å². The lowest BCUT2D eigenvalue weighted by Crippen LogP contribution is -2.22. The lowest BCUT2D eigenvalue weighted by atomic mass is 10.2. The highest BCUT2D eigenvalue weighted by molar-refractivity contribution is 5.75. The molecule has 3 heteroatoms. The van der Waals surface area contributed by atoms with Gasteiger partial charge in [0.1, 0.15) is 0 Å². The van der Waals surface area contributed by atoms with Gasteiger partial charge in [-0.1, -0.05) is 13.8 Å². The van der Waals surface area contributed by atoms with E-state index in [1.807, 2.05) is 27.8 Å². The van der Waals surface area contributed by atoms with E-state index in [0.29, 0.717) is 6.42 Å². The summed E-state index contributed by atoms with van der Waals surface area (Å²) in [7, 11) is 1.92. The first-order valence-electron chi connectivity index (χ1n) is 5.22. The lowest BCUT2D eigenvalue weighted by Gasteiger charge is -2.00. The third-order valence-electron chi connectivity index (χ3n) is 1.45. The summed E-state index contributed by atoms with van der Waals surface area (Å²) in [5, 5.41) is 5.80. The molecular weight excluding hydrogens is 164 g/mol. The molecule has 0 aliphatic rings. The van der Waals surface area contributed by atoms with Gasteiger partial charge in [0.2, 0.25) is 5.91 Å². The number of amides is 1. The van der Waals surface area contributed by atoms with Crippen LogP contribution in [0.2, 0.25) is 0 Å². The summed E-state index contributed by atoms with van der Waals surface area (Å²) in [6.45, 7) is 7.68. The van der Waals surface area contributed by atoms with E-state index in [-0.39, 0.29) is 8.76 Å². The Kier molecular flexibility index (Phi) is 16.1. The van der Waals surface area contributed by atoms with Gasteiger partial charge in [0.25, 0.3) is 0 Å². The number of rotatable bonds is 6. The van der Waals surface area contributed by atoms with Crippen LogP contribution in [0.3, 0.4) is 0 Å². The highest BCUT2D eigenvalue weighted by Crippen LogP contribution is 1.92. The maximum Gasteiger partial charge on any atom is 0.219 e. The van der Waals surface area contributed by atoms with Crippen LogP contribution in [-0.4, -0.2) is 26.0 Å². The molecule has 0 aromatic rings. The molecule has 0 aromatic heterocycles. The highest BCUT2D eigenvalue weighted by Gasteiger charge is 1.96. The first-order valence-corrected chi connectivity index (χ1v) is 5.22. The Morgan fingerprint density at radius 1 is 1.31 bits per heavy atom. The van der Waals surface area contributed by atoms with Crippen LogP contribution in [0.1, 0.15) is 42.9 Å². The van der Waals surface area contributed by atoms with Crippen molar-refractivity contribution in [1.29, 1.82) is 0 Å². The van der Waals surface area contributed by atoms with Crippen LogP contribution in [0.25, 0.3) is 0 Å².